The van der Waals surface area contributed by atoms with Gasteiger partial charge in [0.2, 0.25) is 0 Å². The smallest absolute Gasteiger partial charge is 0.261 e. The summed E-state index contributed by atoms with van der Waals surface area (Å²) in [7, 11) is -3.08. The fourth-order valence-corrected chi connectivity index (χ4v) is 5.56. The predicted octanol–water partition coefficient (Wildman–Crippen LogP) is 3.30. The molecule has 0 radical (unpaired) electrons. The molecule has 3 rings (SSSR count). The molecule has 1 aliphatic rings. The first-order valence-corrected chi connectivity index (χ1v) is 11.3. The molecule has 8 heteroatoms. The molecule has 1 atom stereocenters. The van der Waals surface area contributed by atoms with Gasteiger partial charge >= 0.3 is 0 Å². The van der Waals surface area contributed by atoms with Gasteiger partial charge in [-0.25, -0.2) is 8.42 Å². The number of carbonyl (C=O) groups excluding carboxylic acids is 1. The van der Waals surface area contributed by atoms with Crippen LogP contribution in [0.4, 0.5) is 0 Å². The topological polar surface area (TPSA) is 63.7 Å². The van der Waals surface area contributed by atoms with E-state index in [0.717, 1.165) is 10.4 Å². The van der Waals surface area contributed by atoms with Gasteiger partial charge in [-0.15, -0.1) is 11.3 Å². The van der Waals surface area contributed by atoms with Gasteiger partial charge in [0, 0.05) is 10.9 Å². The number of aryl methyl sites for hydroxylation is 1. The van der Waals surface area contributed by atoms with Crippen molar-refractivity contribution in [3.05, 3.63) is 51.2 Å². The number of ether oxygens (including phenoxy) is 1. The minimum atomic E-state index is -3.08. The first kappa shape index (κ1) is 19.2. The van der Waals surface area contributed by atoms with Crippen molar-refractivity contribution in [2.24, 2.45) is 0 Å². The first-order chi connectivity index (χ1) is 12.3. The lowest BCUT2D eigenvalue weighted by Gasteiger charge is -2.28. The summed E-state index contributed by atoms with van der Waals surface area (Å²) in [5.74, 6) is 0.347. The fraction of sp³-hybridized carbons (Fsp3) is 0.389. The van der Waals surface area contributed by atoms with Crippen LogP contribution >= 0.6 is 22.9 Å². The van der Waals surface area contributed by atoms with Crippen LogP contribution in [0.1, 0.15) is 16.9 Å². The van der Waals surface area contributed by atoms with Crippen LogP contribution in [0.5, 0.6) is 5.75 Å². The molecular weight excluding hydrogens is 394 g/mol. The third-order valence-corrected chi connectivity index (χ3v) is 7.24. The predicted molar refractivity (Wildman–Crippen MR) is 104 cm³/mol. The lowest BCUT2D eigenvalue weighted by atomic mass is 10.2. The van der Waals surface area contributed by atoms with Crippen LogP contribution in [0, 0.1) is 6.92 Å². The molecule has 0 saturated carbocycles. The highest BCUT2D eigenvalue weighted by atomic mass is 35.5. The molecule has 2 heterocycles. The molecular formula is C18H20ClNO4S2. The molecule has 0 bridgehead atoms. The highest BCUT2D eigenvalue weighted by molar-refractivity contribution is 7.91. The molecule has 1 aliphatic heterocycles. The van der Waals surface area contributed by atoms with Gasteiger partial charge in [-0.3, -0.25) is 4.79 Å². The summed E-state index contributed by atoms with van der Waals surface area (Å²) in [4.78, 5) is 15.4. The van der Waals surface area contributed by atoms with Crippen molar-refractivity contribution < 1.29 is 17.9 Å². The van der Waals surface area contributed by atoms with E-state index in [0.29, 0.717) is 23.7 Å². The van der Waals surface area contributed by atoms with Crippen molar-refractivity contribution in [1.82, 2.24) is 4.90 Å². The Hall–Kier alpha value is -1.57. The molecule has 5 nitrogen and oxygen atoms in total. The second-order valence-electron chi connectivity index (χ2n) is 6.38. The summed E-state index contributed by atoms with van der Waals surface area (Å²) in [6.45, 7) is 2.13. The highest BCUT2D eigenvalue weighted by Crippen LogP contribution is 2.26. The van der Waals surface area contributed by atoms with Crippen molar-refractivity contribution in [3.8, 4) is 5.75 Å². The Bertz CT molecular complexity index is 881. The molecule has 26 heavy (non-hydrogen) atoms. The SMILES string of the molecule is Cc1ccc(Cl)c(OCC(=O)N(Cc2cccs2)C2CCS(=O)(=O)C2)c1. The summed E-state index contributed by atoms with van der Waals surface area (Å²) in [6.07, 6.45) is 0.463. The molecule has 1 aromatic heterocycles. The Morgan fingerprint density at radius 2 is 2.19 bits per heavy atom. The molecule has 0 N–H and O–H groups in total. The van der Waals surface area contributed by atoms with E-state index in [1.807, 2.05) is 30.5 Å². The van der Waals surface area contributed by atoms with Crippen molar-refractivity contribution in [2.45, 2.75) is 25.9 Å². The summed E-state index contributed by atoms with van der Waals surface area (Å²) < 4.78 is 29.3. The first-order valence-electron chi connectivity index (χ1n) is 8.25. The van der Waals surface area contributed by atoms with E-state index in [9.17, 15) is 13.2 Å². The summed E-state index contributed by atoms with van der Waals surface area (Å²) in [5.41, 5.74) is 0.981. The van der Waals surface area contributed by atoms with E-state index in [1.165, 1.54) is 0 Å². The third kappa shape index (κ3) is 4.78. The quantitative estimate of drug-likeness (QED) is 0.728. The van der Waals surface area contributed by atoms with E-state index >= 15 is 0 Å². The number of sulfone groups is 1. The largest absolute Gasteiger partial charge is 0.482 e. The average Bonchev–Trinajstić information content (AvgIpc) is 3.22. The minimum absolute atomic E-state index is 0.00924. The zero-order valence-electron chi connectivity index (χ0n) is 14.4. The lowest BCUT2D eigenvalue weighted by molar-refractivity contribution is -0.135. The van der Waals surface area contributed by atoms with Gasteiger partial charge in [0.15, 0.2) is 16.4 Å². The Balaban J connectivity index is 1.73. The number of halogens is 1. The number of carbonyl (C=O) groups is 1. The second-order valence-corrected chi connectivity index (χ2v) is 10.0. The van der Waals surface area contributed by atoms with Crippen LogP contribution < -0.4 is 4.74 Å². The number of rotatable bonds is 6. The zero-order valence-corrected chi connectivity index (χ0v) is 16.7. The minimum Gasteiger partial charge on any atom is -0.482 e. The Kier molecular flexibility index (Phi) is 5.89. The average molecular weight is 414 g/mol. The highest BCUT2D eigenvalue weighted by Gasteiger charge is 2.35. The third-order valence-electron chi connectivity index (χ3n) is 4.31. The molecule has 0 aliphatic carbocycles. The monoisotopic (exact) mass is 413 g/mol. The van der Waals surface area contributed by atoms with Crippen LogP contribution in [0.2, 0.25) is 5.02 Å². The van der Waals surface area contributed by atoms with E-state index in [2.05, 4.69) is 0 Å². The Morgan fingerprint density at radius 1 is 1.38 bits per heavy atom. The molecule has 1 saturated heterocycles. The van der Waals surface area contributed by atoms with Crippen LogP contribution in [-0.4, -0.2) is 43.4 Å². The molecule has 2 aromatic rings. The van der Waals surface area contributed by atoms with E-state index < -0.39 is 9.84 Å². The zero-order chi connectivity index (χ0) is 18.7. The van der Waals surface area contributed by atoms with Crippen LogP contribution in [0.3, 0.4) is 0 Å². The number of hydrogen-bond donors (Lipinski definition) is 0. The number of amides is 1. The van der Waals surface area contributed by atoms with Crippen molar-refractivity contribution in [2.75, 3.05) is 18.1 Å². The maximum absolute atomic E-state index is 12.8. The van der Waals surface area contributed by atoms with Gasteiger partial charge in [-0.1, -0.05) is 23.7 Å². The second kappa shape index (κ2) is 7.98. The van der Waals surface area contributed by atoms with Crippen molar-refractivity contribution in [1.29, 1.82) is 0 Å². The lowest BCUT2D eigenvalue weighted by Crippen LogP contribution is -2.42. The number of nitrogens with zero attached hydrogens (tertiary/aromatic N) is 1. The van der Waals surface area contributed by atoms with Crippen LogP contribution in [-0.2, 0) is 21.2 Å². The van der Waals surface area contributed by atoms with Gasteiger partial charge in [0.05, 0.1) is 23.1 Å². The number of benzene rings is 1. The molecule has 1 amide bonds. The van der Waals surface area contributed by atoms with Gasteiger partial charge < -0.3 is 9.64 Å². The standard InChI is InChI=1S/C18H20ClNO4S2/c1-13-4-5-16(19)17(9-13)24-11-18(21)20(10-15-3-2-7-25-15)14-6-8-26(22,23)12-14/h2-5,7,9,14H,6,8,10-12H2,1H3. The number of hydrogen-bond acceptors (Lipinski definition) is 5. The Morgan fingerprint density at radius 3 is 2.85 bits per heavy atom. The molecule has 140 valence electrons. The van der Waals surface area contributed by atoms with Gasteiger partial charge in [0.25, 0.3) is 5.91 Å². The Labute approximate surface area is 162 Å². The number of thiophene rings is 1. The van der Waals surface area contributed by atoms with E-state index in [4.69, 9.17) is 16.3 Å². The van der Waals surface area contributed by atoms with Gasteiger partial charge in [-0.05, 0) is 42.5 Å². The maximum atomic E-state index is 12.8. The normalized spacial score (nSPS) is 18.6. The van der Waals surface area contributed by atoms with Gasteiger partial charge in [-0.2, -0.15) is 0 Å². The van der Waals surface area contributed by atoms with Crippen molar-refractivity contribution >= 4 is 38.7 Å². The van der Waals surface area contributed by atoms with Crippen LogP contribution in [0.25, 0.3) is 0 Å². The molecule has 0 spiro atoms. The van der Waals surface area contributed by atoms with E-state index in [1.54, 1.807) is 28.4 Å². The fourth-order valence-electron chi connectivity index (χ4n) is 2.96. The molecule has 1 fully saturated rings. The van der Waals surface area contributed by atoms with E-state index in [-0.39, 0.29) is 30.1 Å². The summed E-state index contributed by atoms with van der Waals surface area (Å²) in [5, 5.41) is 2.38. The van der Waals surface area contributed by atoms with Crippen LogP contribution in [0.15, 0.2) is 35.7 Å². The van der Waals surface area contributed by atoms with Gasteiger partial charge in [0.1, 0.15) is 5.75 Å². The summed E-state index contributed by atoms with van der Waals surface area (Å²) in [6, 6.07) is 8.90. The summed E-state index contributed by atoms with van der Waals surface area (Å²) >= 11 is 7.65. The maximum Gasteiger partial charge on any atom is 0.261 e. The van der Waals surface area contributed by atoms with Crippen molar-refractivity contribution in [3.63, 3.8) is 0 Å². The molecule has 1 unspecified atom stereocenters. The molecule has 1 aromatic carbocycles.